The molecule has 1 saturated heterocycles. The van der Waals surface area contributed by atoms with Gasteiger partial charge in [0.25, 0.3) is 0 Å². The Morgan fingerprint density at radius 2 is 1.85 bits per heavy atom. The normalized spacial score (nSPS) is 24.7. The molecule has 3 fully saturated rings. The first-order chi connectivity index (χ1) is 13.1. The summed E-state index contributed by atoms with van der Waals surface area (Å²) in [6, 6.07) is 10.3. The third kappa shape index (κ3) is 4.52. The topological polar surface area (TPSA) is 61.4 Å². The van der Waals surface area contributed by atoms with E-state index in [2.05, 4.69) is 27.7 Å². The average Bonchev–Trinajstić information content (AvgIpc) is 3.48. The van der Waals surface area contributed by atoms with Crippen molar-refractivity contribution in [3.8, 4) is 0 Å². The molecule has 2 aliphatic carbocycles. The van der Waals surface area contributed by atoms with E-state index in [0.717, 1.165) is 45.2 Å². The maximum Gasteiger partial charge on any atom is 0.234 e. The van der Waals surface area contributed by atoms with E-state index in [1.807, 2.05) is 18.2 Å². The largest absolute Gasteiger partial charge is 0.356 e. The van der Waals surface area contributed by atoms with Crippen LogP contribution in [0.3, 0.4) is 0 Å². The molecule has 1 atom stereocenters. The van der Waals surface area contributed by atoms with Gasteiger partial charge in [-0.05, 0) is 63.0 Å². The van der Waals surface area contributed by atoms with Crippen LogP contribution in [0.5, 0.6) is 0 Å². The molecule has 3 aliphatic rings. The van der Waals surface area contributed by atoms with Crippen molar-refractivity contribution < 1.29 is 9.59 Å². The number of carbonyl (C=O) groups excluding carboxylic acids is 2. The molecule has 146 valence electrons. The molecule has 2 N–H and O–H groups in total. The van der Waals surface area contributed by atoms with E-state index >= 15 is 0 Å². The van der Waals surface area contributed by atoms with E-state index < -0.39 is 0 Å². The first-order valence-corrected chi connectivity index (χ1v) is 10.5. The van der Waals surface area contributed by atoms with Crippen LogP contribution in [0.25, 0.3) is 0 Å². The summed E-state index contributed by atoms with van der Waals surface area (Å²) < 4.78 is 0. The van der Waals surface area contributed by atoms with Gasteiger partial charge in [0.15, 0.2) is 0 Å². The molecule has 1 aromatic carbocycles. The predicted molar refractivity (Wildman–Crippen MR) is 105 cm³/mol. The van der Waals surface area contributed by atoms with Gasteiger partial charge in [-0.3, -0.25) is 14.5 Å². The van der Waals surface area contributed by atoms with Crippen LogP contribution in [0.15, 0.2) is 30.3 Å². The van der Waals surface area contributed by atoms with Crippen molar-refractivity contribution in [3.05, 3.63) is 35.9 Å². The number of hydrogen-bond donors (Lipinski definition) is 2. The summed E-state index contributed by atoms with van der Waals surface area (Å²) in [7, 11) is 0. The highest BCUT2D eigenvalue weighted by molar-refractivity contribution is 5.80. The summed E-state index contributed by atoms with van der Waals surface area (Å²) >= 11 is 0. The van der Waals surface area contributed by atoms with Crippen LogP contribution >= 0.6 is 0 Å². The van der Waals surface area contributed by atoms with Crippen LogP contribution in [-0.4, -0.2) is 42.9 Å². The fourth-order valence-corrected chi connectivity index (χ4v) is 4.41. The summed E-state index contributed by atoms with van der Waals surface area (Å²) in [5.41, 5.74) is 1.02. The minimum Gasteiger partial charge on any atom is -0.356 e. The Morgan fingerprint density at radius 3 is 2.52 bits per heavy atom. The van der Waals surface area contributed by atoms with Crippen molar-refractivity contribution in [3.63, 3.8) is 0 Å². The van der Waals surface area contributed by atoms with Gasteiger partial charge in [-0.2, -0.15) is 0 Å². The second-order valence-electron chi connectivity index (χ2n) is 8.61. The second kappa shape index (κ2) is 8.01. The number of piperidine rings is 1. The number of rotatable bonds is 7. The Kier molecular flexibility index (Phi) is 5.48. The fraction of sp³-hybridized carbons (Fsp3) is 0.636. The highest BCUT2D eigenvalue weighted by atomic mass is 16.2. The molecular formula is C22H31N3O2. The van der Waals surface area contributed by atoms with Gasteiger partial charge >= 0.3 is 0 Å². The molecule has 5 heteroatoms. The van der Waals surface area contributed by atoms with Crippen LogP contribution < -0.4 is 10.6 Å². The molecule has 4 rings (SSSR count). The van der Waals surface area contributed by atoms with Gasteiger partial charge in [-0.1, -0.05) is 30.3 Å². The van der Waals surface area contributed by atoms with E-state index in [0.29, 0.717) is 19.0 Å². The lowest BCUT2D eigenvalue weighted by Crippen LogP contribution is -2.54. The molecule has 0 spiro atoms. The highest BCUT2D eigenvalue weighted by Gasteiger charge is 2.40. The standard InChI is InChI=1S/C22H31N3O2/c26-20(24-22(11-5-12-22)19-7-2-1-3-8-19)16-25-13-4-6-18(15-25)21(27)23-14-17-9-10-17/h1-3,7-8,17-18H,4-6,9-16H2,(H,23,27)(H,24,26)/t18-/m0/s1. The van der Waals surface area contributed by atoms with Gasteiger partial charge in [0.05, 0.1) is 18.0 Å². The monoisotopic (exact) mass is 369 g/mol. The van der Waals surface area contributed by atoms with E-state index in [9.17, 15) is 9.59 Å². The van der Waals surface area contributed by atoms with Crippen molar-refractivity contribution >= 4 is 11.8 Å². The number of nitrogens with zero attached hydrogens (tertiary/aromatic N) is 1. The number of benzene rings is 1. The summed E-state index contributed by atoms with van der Waals surface area (Å²) in [5, 5.41) is 6.40. The van der Waals surface area contributed by atoms with E-state index in [-0.39, 0.29) is 23.3 Å². The van der Waals surface area contributed by atoms with Crippen LogP contribution in [-0.2, 0) is 15.1 Å². The molecule has 0 aromatic heterocycles. The lowest BCUT2D eigenvalue weighted by molar-refractivity contribution is -0.130. The first-order valence-electron chi connectivity index (χ1n) is 10.5. The average molecular weight is 370 g/mol. The summed E-state index contributed by atoms with van der Waals surface area (Å²) in [6.45, 7) is 2.82. The number of hydrogen-bond acceptors (Lipinski definition) is 3. The number of amides is 2. The Labute approximate surface area is 161 Å². The van der Waals surface area contributed by atoms with Gasteiger partial charge in [0, 0.05) is 13.1 Å². The Hall–Kier alpha value is -1.88. The summed E-state index contributed by atoms with van der Waals surface area (Å²) in [5.74, 6) is 0.984. The van der Waals surface area contributed by atoms with Gasteiger partial charge in [0.1, 0.15) is 0 Å². The highest BCUT2D eigenvalue weighted by Crippen LogP contribution is 2.41. The zero-order valence-electron chi connectivity index (χ0n) is 16.1. The first kappa shape index (κ1) is 18.5. The van der Waals surface area contributed by atoms with Crippen molar-refractivity contribution in [2.24, 2.45) is 11.8 Å². The summed E-state index contributed by atoms with van der Waals surface area (Å²) in [4.78, 5) is 27.3. The van der Waals surface area contributed by atoms with E-state index in [1.165, 1.54) is 18.4 Å². The lowest BCUT2D eigenvalue weighted by Gasteiger charge is -2.43. The molecule has 5 nitrogen and oxygen atoms in total. The van der Waals surface area contributed by atoms with E-state index in [1.54, 1.807) is 0 Å². The van der Waals surface area contributed by atoms with E-state index in [4.69, 9.17) is 0 Å². The molecule has 2 amide bonds. The predicted octanol–water partition coefficient (Wildman–Crippen LogP) is 2.42. The Bertz CT molecular complexity index is 667. The zero-order chi connectivity index (χ0) is 18.7. The minimum absolute atomic E-state index is 0.0251. The molecule has 1 heterocycles. The minimum atomic E-state index is -0.185. The lowest BCUT2D eigenvalue weighted by atomic mass is 9.72. The van der Waals surface area contributed by atoms with Gasteiger partial charge in [0.2, 0.25) is 11.8 Å². The van der Waals surface area contributed by atoms with Crippen molar-refractivity contribution in [1.29, 1.82) is 0 Å². The number of carbonyl (C=O) groups is 2. The molecule has 0 unspecified atom stereocenters. The Balaban J connectivity index is 1.29. The van der Waals surface area contributed by atoms with Gasteiger partial charge in [-0.15, -0.1) is 0 Å². The van der Waals surface area contributed by atoms with Gasteiger partial charge < -0.3 is 10.6 Å². The second-order valence-corrected chi connectivity index (χ2v) is 8.61. The van der Waals surface area contributed by atoms with Crippen LogP contribution in [0.4, 0.5) is 0 Å². The molecule has 0 radical (unpaired) electrons. The molecule has 1 aliphatic heterocycles. The zero-order valence-corrected chi connectivity index (χ0v) is 16.1. The maximum atomic E-state index is 12.7. The third-order valence-electron chi connectivity index (χ3n) is 6.42. The molecule has 0 bridgehead atoms. The molecule has 1 aromatic rings. The van der Waals surface area contributed by atoms with Crippen molar-refractivity contribution in [1.82, 2.24) is 15.5 Å². The maximum absolute atomic E-state index is 12.7. The SMILES string of the molecule is O=C(CN1CCC[C@H](C(=O)NCC2CC2)C1)NC1(c2ccccc2)CCC1. The van der Waals surface area contributed by atoms with Crippen LogP contribution in [0.2, 0.25) is 0 Å². The molecule has 27 heavy (non-hydrogen) atoms. The van der Waals surface area contributed by atoms with Gasteiger partial charge in [-0.25, -0.2) is 0 Å². The Morgan fingerprint density at radius 1 is 1.07 bits per heavy atom. The summed E-state index contributed by atoms with van der Waals surface area (Å²) in [6.07, 6.45) is 7.59. The number of nitrogens with one attached hydrogen (secondary N) is 2. The quantitative estimate of drug-likeness (QED) is 0.776. The van der Waals surface area contributed by atoms with Crippen LogP contribution in [0, 0.1) is 11.8 Å². The fourth-order valence-electron chi connectivity index (χ4n) is 4.41. The third-order valence-corrected chi connectivity index (χ3v) is 6.42. The van der Waals surface area contributed by atoms with Crippen molar-refractivity contribution in [2.45, 2.75) is 50.5 Å². The van der Waals surface area contributed by atoms with Crippen LogP contribution in [0.1, 0.15) is 50.5 Å². The number of likely N-dealkylation sites (tertiary alicyclic amines) is 1. The van der Waals surface area contributed by atoms with Crippen molar-refractivity contribution in [2.75, 3.05) is 26.2 Å². The smallest absolute Gasteiger partial charge is 0.234 e. The molecular weight excluding hydrogens is 338 g/mol. The molecule has 2 saturated carbocycles.